The largest absolute Gasteiger partial charge is 0.496 e. The number of benzene rings is 1. The molecule has 19 heavy (non-hydrogen) atoms. The lowest BCUT2D eigenvalue weighted by atomic mass is 10.0. The zero-order valence-corrected chi connectivity index (χ0v) is 11.5. The molecule has 0 fully saturated rings. The molecule has 4 nitrogen and oxygen atoms in total. The first-order valence-corrected chi connectivity index (χ1v) is 5.96. The molecule has 0 radical (unpaired) electrons. The van der Waals surface area contributed by atoms with E-state index in [1.54, 1.807) is 7.11 Å². The zero-order valence-electron chi connectivity index (χ0n) is 11.5. The van der Waals surface area contributed by atoms with Crippen molar-refractivity contribution < 1.29 is 4.74 Å². The fourth-order valence-electron chi connectivity index (χ4n) is 2.04. The number of nitrogens with zero attached hydrogens (tertiary/aromatic N) is 3. The standard InChI is InChI=1S/C15H15N3O/c1-9-6-14(19-4)10(2)5-12(9)13-7-11(3)17-15(8-16)18-13/h5-7H,1-4H3. The number of nitriles is 1. The Kier molecular flexibility index (Phi) is 3.48. The fraction of sp³-hybridized carbons (Fsp3) is 0.267. The Morgan fingerprint density at radius 3 is 2.42 bits per heavy atom. The van der Waals surface area contributed by atoms with Gasteiger partial charge in [-0.2, -0.15) is 5.26 Å². The Hall–Kier alpha value is -2.41. The minimum absolute atomic E-state index is 0.197. The van der Waals surface area contributed by atoms with Gasteiger partial charge in [0.2, 0.25) is 5.82 Å². The van der Waals surface area contributed by atoms with Crippen LogP contribution in [0.5, 0.6) is 5.75 Å². The van der Waals surface area contributed by atoms with Crippen LogP contribution in [-0.2, 0) is 0 Å². The topological polar surface area (TPSA) is 58.8 Å². The average Bonchev–Trinajstić information content (AvgIpc) is 2.40. The first-order chi connectivity index (χ1) is 9.05. The van der Waals surface area contributed by atoms with Crippen molar-refractivity contribution in [3.63, 3.8) is 0 Å². The van der Waals surface area contributed by atoms with Gasteiger partial charge in [0, 0.05) is 11.3 Å². The van der Waals surface area contributed by atoms with Crippen LogP contribution in [0.15, 0.2) is 18.2 Å². The average molecular weight is 253 g/mol. The lowest BCUT2D eigenvalue weighted by Crippen LogP contribution is -1.97. The molecule has 0 atom stereocenters. The van der Waals surface area contributed by atoms with E-state index in [4.69, 9.17) is 10.00 Å². The highest BCUT2D eigenvalue weighted by Crippen LogP contribution is 2.29. The molecule has 0 N–H and O–H groups in total. The summed E-state index contributed by atoms with van der Waals surface area (Å²) in [5.41, 5.74) is 4.66. The Balaban J connectivity index is 2.62. The minimum Gasteiger partial charge on any atom is -0.496 e. The first kappa shape index (κ1) is 13.0. The molecule has 0 aliphatic carbocycles. The van der Waals surface area contributed by atoms with Crippen molar-refractivity contribution in [1.29, 1.82) is 5.26 Å². The molecule has 0 spiro atoms. The van der Waals surface area contributed by atoms with E-state index in [-0.39, 0.29) is 5.82 Å². The molecule has 4 heteroatoms. The van der Waals surface area contributed by atoms with Gasteiger partial charge in [0.1, 0.15) is 11.8 Å². The molecule has 0 bridgehead atoms. The third kappa shape index (κ3) is 2.55. The van der Waals surface area contributed by atoms with Crippen LogP contribution in [0.3, 0.4) is 0 Å². The van der Waals surface area contributed by atoms with Crippen LogP contribution in [0.2, 0.25) is 0 Å². The maximum absolute atomic E-state index is 8.94. The van der Waals surface area contributed by atoms with E-state index < -0.39 is 0 Å². The van der Waals surface area contributed by atoms with Gasteiger partial charge in [0.15, 0.2) is 0 Å². The third-order valence-electron chi connectivity index (χ3n) is 2.97. The Bertz CT molecular complexity index is 672. The molecule has 1 heterocycles. The number of hydrogen-bond donors (Lipinski definition) is 0. The minimum atomic E-state index is 0.197. The predicted octanol–water partition coefficient (Wildman–Crippen LogP) is 2.95. The second-order valence-electron chi connectivity index (χ2n) is 4.47. The molecule has 0 saturated heterocycles. The summed E-state index contributed by atoms with van der Waals surface area (Å²) in [5.74, 6) is 1.05. The normalized spacial score (nSPS) is 10.1. The van der Waals surface area contributed by atoms with Crippen LogP contribution in [0.25, 0.3) is 11.3 Å². The molecule has 0 unspecified atom stereocenters. The van der Waals surface area contributed by atoms with Crippen molar-refractivity contribution in [1.82, 2.24) is 9.97 Å². The number of ether oxygens (including phenoxy) is 1. The smallest absolute Gasteiger partial charge is 0.232 e. The first-order valence-electron chi connectivity index (χ1n) is 5.96. The van der Waals surface area contributed by atoms with E-state index in [9.17, 15) is 0 Å². The molecule has 96 valence electrons. The fourth-order valence-corrected chi connectivity index (χ4v) is 2.04. The summed E-state index contributed by atoms with van der Waals surface area (Å²) in [6.07, 6.45) is 0. The number of hydrogen-bond acceptors (Lipinski definition) is 4. The van der Waals surface area contributed by atoms with E-state index in [2.05, 4.69) is 9.97 Å². The summed E-state index contributed by atoms with van der Waals surface area (Å²) in [7, 11) is 1.66. The third-order valence-corrected chi connectivity index (χ3v) is 2.97. The number of rotatable bonds is 2. The maximum atomic E-state index is 8.94. The van der Waals surface area contributed by atoms with Gasteiger partial charge in [-0.25, -0.2) is 9.97 Å². The number of aromatic nitrogens is 2. The highest BCUT2D eigenvalue weighted by molar-refractivity contribution is 5.66. The highest BCUT2D eigenvalue weighted by Gasteiger charge is 2.10. The SMILES string of the molecule is COc1cc(C)c(-c2cc(C)nc(C#N)n2)cc1C. The van der Waals surface area contributed by atoms with Gasteiger partial charge in [-0.3, -0.25) is 0 Å². The maximum Gasteiger partial charge on any atom is 0.232 e. The van der Waals surface area contributed by atoms with Crippen LogP contribution in [0.1, 0.15) is 22.6 Å². The molecular weight excluding hydrogens is 238 g/mol. The summed E-state index contributed by atoms with van der Waals surface area (Å²) < 4.78 is 5.30. The molecule has 1 aromatic heterocycles. The summed E-state index contributed by atoms with van der Waals surface area (Å²) in [6, 6.07) is 7.88. The van der Waals surface area contributed by atoms with Crippen LogP contribution < -0.4 is 4.74 Å². The second-order valence-corrected chi connectivity index (χ2v) is 4.47. The molecule has 2 rings (SSSR count). The Morgan fingerprint density at radius 1 is 1.05 bits per heavy atom. The van der Waals surface area contributed by atoms with Gasteiger partial charge in [0.05, 0.1) is 12.8 Å². The van der Waals surface area contributed by atoms with Gasteiger partial charge in [-0.1, -0.05) is 0 Å². The second kappa shape index (κ2) is 5.07. The van der Waals surface area contributed by atoms with Crippen molar-refractivity contribution in [2.45, 2.75) is 20.8 Å². The number of methoxy groups -OCH3 is 1. The van der Waals surface area contributed by atoms with Gasteiger partial charge >= 0.3 is 0 Å². The van der Waals surface area contributed by atoms with Gasteiger partial charge in [-0.15, -0.1) is 0 Å². The van der Waals surface area contributed by atoms with E-state index in [1.165, 1.54) is 0 Å². The van der Waals surface area contributed by atoms with Crippen molar-refractivity contribution in [2.75, 3.05) is 7.11 Å². The van der Waals surface area contributed by atoms with E-state index in [1.807, 2.05) is 45.0 Å². The van der Waals surface area contributed by atoms with E-state index in [0.29, 0.717) is 0 Å². The molecule has 0 amide bonds. The predicted molar refractivity (Wildman–Crippen MR) is 72.9 cm³/mol. The van der Waals surface area contributed by atoms with Crippen molar-refractivity contribution >= 4 is 0 Å². The molecular formula is C15H15N3O. The van der Waals surface area contributed by atoms with Crippen LogP contribution in [-0.4, -0.2) is 17.1 Å². The Morgan fingerprint density at radius 2 is 1.79 bits per heavy atom. The van der Waals surface area contributed by atoms with Crippen LogP contribution >= 0.6 is 0 Å². The molecule has 0 saturated carbocycles. The van der Waals surface area contributed by atoms with Crippen molar-refractivity contribution in [3.8, 4) is 23.1 Å². The molecule has 1 aromatic carbocycles. The quantitative estimate of drug-likeness (QED) is 0.825. The van der Waals surface area contributed by atoms with Crippen LogP contribution in [0.4, 0.5) is 0 Å². The Labute approximate surface area is 112 Å². The summed E-state index contributed by atoms with van der Waals surface area (Å²) in [4.78, 5) is 8.33. The van der Waals surface area contributed by atoms with Gasteiger partial charge < -0.3 is 4.74 Å². The van der Waals surface area contributed by atoms with E-state index in [0.717, 1.165) is 33.8 Å². The summed E-state index contributed by atoms with van der Waals surface area (Å²) >= 11 is 0. The lowest BCUT2D eigenvalue weighted by Gasteiger charge is -2.11. The number of aryl methyl sites for hydroxylation is 3. The molecule has 0 aliphatic rings. The summed E-state index contributed by atoms with van der Waals surface area (Å²) in [6.45, 7) is 5.85. The summed E-state index contributed by atoms with van der Waals surface area (Å²) in [5, 5.41) is 8.94. The van der Waals surface area contributed by atoms with Crippen molar-refractivity contribution in [2.24, 2.45) is 0 Å². The van der Waals surface area contributed by atoms with Gasteiger partial charge in [0.25, 0.3) is 0 Å². The van der Waals surface area contributed by atoms with Gasteiger partial charge in [-0.05, 0) is 50.1 Å². The highest BCUT2D eigenvalue weighted by atomic mass is 16.5. The van der Waals surface area contributed by atoms with Crippen LogP contribution in [0, 0.1) is 32.1 Å². The monoisotopic (exact) mass is 253 g/mol. The van der Waals surface area contributed by atoms with Crippen molar-refractivity contribution in [3.05, 3.63) is 40.8 Å². The lowest BCUT2D eigenvalue weighted by molar-refractivity contribution is 0.411. The van der Waals surface area contributed by atoms with E-state index >= 15 is 0 Å². The zero-order chi connectivity index (χ0) is 14.0. The molecule has 2 aromatic rings. The molecule has 0 aliphatic heterocycles.